The number of aromatic carboxylic acids is 1. The molecule has 2 N–H and O–H groups in total. The second-order valence-corrected chi connectivity index (χ2v) is 10.7. The largest absolute Gasteiger partial charge is 0.497 e. The van der Waals surface area contributed by atoms with E-state index in [9.17, 15) is 19.5 Å². The molecule has 10 heteroatoms. The lowest BCUT2D eigenvalue weighted by Gasteiger charge is -2.25. The third-order valence-corrected chi connectivity index (χ3v) is 8.01. The number of carbonyl (C=O) groups excluding carboxylic acids is 1. The Hall–Kier alpha value is -5.48. The maximum Gasteiger partial charge on any atom is 0.336 e. The molecule has 2 aromatic heterocycles. The smallest absolute Gasteiger partial charge is 0.336 e. The van der Waals surface area contributed by atoms with E-state index in [1.54, 1.807) is 74.7 Å². The zero-order valence-corrected chi connectivity index (χ0v) is 23.9. The molecule has 43 heavy (non-hydrogen) atoms. The number of furan rings is 1. The Balaban J connectivity index is 1.46. The van der Waals surface area contributed by atoms with Crippen molar-refractivity contribution in [3.05, 3.63) is 139 Å². The van der Waals surface area contributed by atoms with Crippen LogP contribution in [0.2, 0.25) is 0 Å². The van der Waals surface area contributed by atoms with Gasteiger partial charge in [-0.2, -0.15) is 0 Å². The van der Waals surface area contributed by atoms with E-state index in [1.165, 1.54) is 22.0 Å². The number of ether oxygens (including phenoxy) is 1. The van der Waals surface area contributed by atoms with E-state index in [4.69, 9.17) is 9.15 Å². The van der Waals surface area contributed by atoms with Crippen LogP contribution in [0.4, 0.5) is 5.69 Å². The van der Waals surface area contributed by atoms with Gasteiger partial charge in [-0.25, -0.2) is 9.79 Å². The van der Waals surface area contributed by atoms with Crippen LogP contribution >= 0.6 is 11.3 Å². The number of rotatable bonds is 7. The molecule has 3 heterocycles. The van der Waals surface area contributed by atoms with E-state index in [-0.39, 0.29) is 17.0 Å². The molecular weight excluding hydrogens is 566 g/mol. The van der Waals surface area contributed by atoms with Gasteiger partial charge in [0.05, 0.1) is 34.5 Å². The van der Waals surface area contributed by atoms with Crippen molar-refractivity contribution in [2.75, 3.05) is 12.4 Å². The van der Waals surface area contributed by atoms with Gasteiger partial charge < -0.3 is 19.6 Å². The molecule has 0 bridgehead atoms. The minimum absolute atomic E-state index is 0.109. The average molecular weight is 592 g/mol. The third kappa shape index (κ3) is 5.31. The van der Waals surface area contributed by atoms with Gasteiger partial charge >= 0.3 is 5.97 Å². The second kappa shape index (κ2) is 11.4. The lowest BCUT2D eigenvalue weighted by atomic mass is 9.95. The van der Waals surface area contributed by atoms with Gasteiger partial charge in [-0.05, 0) is 55.0 Å². The number of thiazole rings is 1. The summed E-state index contributed by atoms with van der Waals surface area (Å²) in [6.07, 6.45) is 1.60. The second-order valence-electron chi connectivity index (χ2n) is 9.73. The van der Waals surface area contributed by atoms with Gasteiger partial charge in [0.25, 0.3) is 11.5 Å². The van der Waals surface area contributed by atoms with Crippen molar-refractivity contribution in [3.8, 4) is 17.1 Å². The number of carbonyl (C=O) groups is 2. The molecule has 9 nitrogen and oxygen atoms in total. The monoisotopic (exact) mass is 591 g/mol. The van der Waals surface area contributed by atoms with E-state index < -0.39 is 12.0 Å². The van der Waals surface area contributed by atoms with Crippen molar-refractivity contribution < 1.29 is 23.8 Å². The number of nitrogens with one attached hydrogen (secondary N) is 1. The Bertz CT molecular complexity index is 2090. The van der Waals surface area contributed by atoms with Crippen LogP contribution in [0.25, 0.3) is 17.4 Å². The van der Waals surface area contributed by atoms with E-state index >= 15 is 0 Å². The van der Waals surface area contributed by atoms with Gasteiger partial charge in [0.1, 0.15) is 17.3 Å². The third-order valence-electron chi connectivity index (χ3n) is 7.03. The molecule has 1 aliphatic rings. The number of para-hydroxylation sites is 1. The number of anilines is 1. The van der Waals surface area contributed by atoms with Crippen LogP contribution in [-0.4, -0.2) is 28.7 Å². The van der Waals surface area contributed by atoms with Crippen LogP contribution < -0.4 is 24.9 Å². The van der Waals surface area contributed by atoms with Crippen molar-refractivity contribution >= 4 is 35.0 Å². The molecule has 0 fully saturated rings. The zero-order chi connectivity index (χ0) is 30.1. The maximum atomic E-state index is 14.0. The minimum atomic E-state index is -1.07. The van der Waals surface area contributed by atoms with Crippen molar-refractivity contribution in [1.29, 1.82) is 0 Å². The number of methoxy groups -OCH3 is 1. The molecule has 5 aromatic rings. The van der Waals surface area contributed by atoms with Crippen LogP contribution in [-0.2, 0) is 4.79 Å². The van der Waals surface area contributed by atoms with Crippen molar-refractivity contribution in [2.24, 2.45) is 4.99 Å². The van der Waals surface area contributed by atoms with E-state index in [1.807, 2.05) is 30.3 Å². The Labute approximate surface area is 249 Å². The molecular formula is C33H25N3O6S. The minimum Gasteiger partial charge on any atom is -0.497 e. The molecule has 214 valence electrons. The van der Waals surface area contributed by atoms with Crippen molar-refractivity contribution in [1.82, 2.24) is 4.57 Å². The molecule has 1 atom stereocenters. The molecule has 0 unspecified atom stereocenters. The summed E-state index contributed by atoms with van der Waals surface area (Å²) in [6.45, 7) is 1.75. The van der Waals surface area contributed by atoms with Gasteiger partial charge in [-0.3, -0.25) is 14.2 Å². The number of hydrogen-bond acceptors (Lipinski definition) is 7. The number of carboxylic acids is 1. The first-order chi connectivity index (χ1) is 20.8. The van der Waals surface area contributed by atoms with Crippen LogP contribution in [0.1, 0.15) is 34.6 Å². The zero-order valence-electron chi connectivity index (χ0n) is 23.1. The molecule has 6 rings (SSSR count). The highest BCUT2D eigenvalue weighted by Gasteiger charge is 2.33. The molecule has 1 aliphatic heterocycles. The maximum absolute atomic E-state index is 14.0. The average Bonchev–Trinajstić information content (AvgIpc) is 3.60. The summed E-state index contributed by atoms with van der Waals surface area (Å²) in [7, 11) is 1.56. The summed E-state index contributed by atoms with van der Waals surface area (Å²) in [5, 5.41) is 12.5. The Morgan fingerprint density at radius 1 is 1.02 bits per heavy atom. The first kappa shape index (κ1) is 27.7. The number of hydrogen-bond donors (Lipinski definition) is 2. The number of carboxylic acid groups (broad SMARTS) is 1. The van der Waals surface area contributed by atoms with E-state index in [2.05, 4.69) is 10.3 Å². The lowest BCUT2D eigenvalue weighted by Crippen LogP contribution is -2.40. The first-order valence-corrected chi connectivity index (χ1v) is 14.1. The standard InChI is InChI=1S/C33H25N3O6S/c1-19-28(30(37)35-21-10-4-3-5-11-21)29(20-9-8-12-22(17-20)41-2)36-31(38)27(43-33(36)34-19)18-23-15-16-26(42-23)24-13-6-7-14-25(24)32(39)40/h3-18,29H,1-2H3,(H,35,37)(H,39,40)/b27-18-/t29-/m0/s1. The molecule has 1 amide bonds. The summed E-state index contributed by atoms with van der Waals surface area (Å²) in [6, 6.07) is 25.5. The normalized spacial score (nSPS) is 14.7. The van der Waals surface area contributed by atoms with Gasteiger partial charge in [0.15, 0.2) is 4.80 Å². The number of aromatic nitrogens is 1. The summed E-state index contributed by atoms with van der Waals surface area (Å²) in [5.41, 5.74) is 2.31. The van der Waals surface area contributed by atoms with Crippen molar-refractivity contribution in [2.45, 2.75) is 13.0 Å². The highest BCUT2D eigenvalue weighted by molar-refractivity contribution is 7.07. The summed E-state index contributed by atoms with van der Waals surface area (Å²) < 4.78 is 13.3. The van der Waals surface area contributed by atoms with Crippen LogP contribution in [0.3, 0.4) is 0 Å². The highest BCUT2D eigenvalue weighted by atomic mass is 32.1. The predicted molar refractivity (Wildman–Crippen MR) is 163 cm³/mol. The molecule has 0 saturated heterocycles. The Morgan fingerprint density at radius 2 is 1.79 bits per heavy atom. The van der Waals surface area contributed by atoms with Gasteiger partial charge in [-0.15, -0.1) is 0 Å². The number of benzene rings is 3. The molecule has 0 radical (unpaired) electrons. The van der Waals surface area contributed by atoms with Gasteiger partial charge in [0.2, 0.25) is 0 Å². The fraction of sp³-hybridized carbons (Fsp3) is 0.0909. The summed E-state index contributed by atoms with van der Waals surface area (Å²) in [5.74, 6) is -0.121. The van der Waals surface area contributed by atoms with Crippen LogP contribution in [0, 0.1) is 0 Å². The lowest BCUT2D eigenvalue weighted by molar-refractivity contribution is -0.113. The Kier molecular flexibility index (Phi) is 7.35. The van der Waals surface area contributed by atoms with Crippen LogP contribution in [0.5, 0.6) is 5.75 Å². The van der Waals surface area contributed by atoms with Crippen LogP contribution in [0.15, 0.2) is 116 Å². The van der Waals surface area contributed by atoms with Gasteiger partial charge in [0, 0.05) is 17.3 Å². The number of nitrogens with zero attached hydrogens (tertiary/aromatic N) is 2. The predicted octanol–water partition coefficient (Wildman–Crippen LogP) is 4.84. The molecule has 0 aliphatic carbocycles. The fourth-order valence-electron chi connectivity index (χ4n) is 5.05. The number of amides is 1. The topological polar surface area (TPSA) is 123 Å². The number of fused-ring (bicyclic) bond motifs is 1. The summed E-state index contributed by atoms with van der Waals surface area (Å²) >= 11 is 1.18. The first-order valence-electron chi connectivity index (χ1n) is 13.3. The number of allylic oxidation sites excluding steroid dienone is 1. The molecule has 0 saturated carbocycles. The molecule has 3 aromatic carbocycles. The SMILES string of the molecule is COc1cccc([C@H]2C(C(=O)Nc3ccccc3)=C(C)N=c3s/c(=C\c4ccc(-c5ccccc5C(=O)O)o4)c(=O)n32)c1. The molecule has 0 spiro atoms. The summed E-state index contributed by atoms with van der Waals surface area (Å²) in [4.78, 5) is 44.5. The van der Waals surface area contributed by atoms with E-state index in [0.29, 0.717) is 54.7 Å². The highest BCUT2D eigenvalue weighted by Crippen LogP contribution is 2.32. The van der Waals surface area contributed by atoms with Crippen molar-refractivity contribution in [3.63, 3.8) is 0 Å². The Morgan fingerprint density at radius 3 is 2.56 bits per heavy atom. The quantitative estimate of drug-likeness (QED) is 0.279. The fourth-order valence-corrected chi connectivity index (χ4v) is 6.07. The van der Waals surface area contributed by atoms with Gasteiger partial charge in [-0.1, -0.05) is 59.9 Å². The van der Waals surface area contributed by atoms with E-state index in [0.717, 1.165) is 0 Å².